The highest BCUT2D eigenvalue weighted by atomic mass is 16.2. The molecule has 0 aromatic rings. The molecular weight excluding hydrogens is 304 g/mol. The second-order valence-electron chi connectivity index (χ2n) is 6.60. The van der Waals surface area contributed by atoms with Crippen LogP contribution in [-0.4, -0.2) is 24.1 Å². The smallest absolute Gasteiger partial charge is 0.220 e. The van der Waals surface area contributed by atoms with Crippen molar-refractivity contribution in [2.75, 3.05) is 0 Å². The van der Waals surface area contributed by atoms with Crippen molar-refractivity contribution in [3.63, 3.8) is 0 Å². The quantitative estimate of drug-likeness (QED) is 0.313. The van der Waals surface area contributed by atoms with Crippen molar-refractivity contribution in [1.29, 1.82) is 0 Å². The summed E-state index contributed by atoms with van der Waals surface area (Å²) in [5, 5.41) is 2.64. The van der Waals surface area contributed by atoms with Crippen LogP contribution in [0.4, 0.5) is 0 Å². The summed E-state index contributed by atoms with van der Waals surface area (Å²) in [5.41, 5.74) is 5.04. The van der Waals surface area contributed by atoms with E-state index < -0.39 is 11.9 Å². The third-order valence-electron chi connectivity index (χ3n) is 4.22. The SMILES string of the molecule is CCCCCCCCCCCCCC(=O)N[C@@H](C=O)CCC(N)=O. The molecular formula is C19H36N2O3. The average Bonchev–Trinajstić information content (AvgIpc) is 2.56. The first kappa shape index (κ1) is 22.6. The maximum Gasteiger partial charge on any atom is 0.220 e. The van der Waals surface area contributed by atoms with E-state index in [0.29, 0.717) is 12.7 Å². The summed E-state index contributed by atoms with van der Waals surface area (Å²) in [6, 6.07) is -0.599. The van der Waals surface area contributed by atoms with Crippen molar-refractivity contribution in [3.05, 3.63) is 0 Å². The van der Waals surface area contributed by atoms with Crippen molar-refractivity contribution in [2.45, 2.75) is 103 Å². The molecule has 5 heteroatoms. The molecule has 3 N–H and O–H groups in total. The molecule has 0 aliphatic carbocycles. The van der Waals surface area contributed by atoms with E-state index in [4.69, 9.17) is 5.73 Å². The third kappa shape index (κ3) is 15.5. The van der Waals surface area contributed by atoms with Crippen LogP contribution < -0.4 is 11.1 Å². The van der Waals surface area contributed by atoms with Gasteiger partial charge in [0.2, 0.25) is 11.8 Å². The van der Waals surface area contributed by atoms with Crippen LogP contribution >= 0.6 is 0 Å². The van der Waals surface area contributed by atoms with Gasteiger partial charge in [0.1, 0.15) is 6.29 Å². The van der Waals surface area contributed by atoms with Gasteiger partial charge in [0.05, 0.1) is 6.04 Å². The van der Waals surface area contributed by atoms with Crippen LogP contribution in [0.1, 0.15) is 96.8 Å². The first-order chi connectivity index (χ1) is 11.6. The molecule has 0 saturated heterocycles. The van der Waals surface area contributed by atoms with E-state index in [1.165, 1.54) is 57.8 Å². The van der Waals surface area contributed by atoms with Gasteiger partial charge in [0.15, 0.2) is 0 Å². The molecule has 140 valence electrons. The van der Waals surface area contributed by atoms with Gasteiger partial charge in [-0.05, 0) is 12.8 Å². The van der Waals surface area contributed by atoms with Crippen LogP contribution in [0.3, 0.4) is 0 Å². The summed E-state index contributed by atoms with van der Waals surface area (Å²) >= 11 is 0. The first-order valence-corrected chi connectivity index (χ1v) is 9.63. The molecule has 0 fully saturated rings. The minimum Gasteiger partial charge on any atom is -0.370 e. The molecule has 2 amide bonds. The van der Waals surface area contributed by atoms with Crippen LogP contribution in [0.5, 0.6) is 0 Å². The van der Waals surface area contributed by atoms with Crippen LogP contribution in [0, 0.1) is 0 Å². The predicted octanol–water partition coefficient (Wildman–Crippen LogP) is 3.64. The van der Waals surface area contributed by atoms with Crippen molar-refractivity contribution >= 4 is 18.1 Å². The lowest BCUT2D eigenvalue weighted by molar-refractivity contribution is -0.125. The fourth-order valence-electron chi connectivity index (χ4n) is 2.70. The number of primary amides is 1. The molecule has 0 spiro atoms. The van der Waals surface area contributed by atoms with Crippen molar-refractivity contribution < 1.29 is 14.4 Å². The fraction of sp³-hybridized carbons (Fsp3) is 0.842. The lowest BCUT2D eigenvalue weighted by Gasteiger charge is -2.11. The minimum absolute atomic E-state index is 0.113. The molecule has 0 rings (SSSR count). The zero-order chi connectivity index (χ0) is 18.0. The molecule has 0 saturated carbocycles. The Morgan fingerprint density at radius 2 is 1.38 bits per heavy atom. The summed E-state index contributed by atoms with van der Waals surface area (Å²) in [6.45, 7) is 2.24. The minimum atomic E-state index is -0.599. The summed E-state index contributed by atoms with van der Waals surface area (Å²) in [5.74, 6) is -0.575. The monoisotopic (exact) mass is 340 g/mol. The van der Waals surface area contributed by atoms with Gasteiger partial charge < -0.3 is 15.8 Å². The first-order valence-electron chi connectivity index (χ1n) is 9.63. The summed E-state index contributed by atoms with van der Waals surface area (Å²) in [6.07, 6.45) is 15.2. The topological polar surface area (TPSA) is 89.3 Å². The zero-order valence-electron chi connectivity index (χ0n) is 15.4. The lowest BCUT2D eigenvalue weighted by Crippen LogP contribution is -2.36. The number of hydrogen-bond acceptors (Lipinski definition) is 3. The highest BCUT2D eigenvalue weighted by Gasteiger charge is 2.11. The number of rotatable bonds is 17. The van der Waals surface area contributed by atoms with Crippen molar-refractivity contribution in [1.82, 2.24) is 5.32 Å². The molecule has 5 nitrogen and oxygen atoms in total. The third-order valence-corrected chi connectivity index (χ3v) is 4.22. The van der Waals surface area contributed by atoms with Crippen LogP contribution in [0.15, 0.2) is 0 Å². The Morgan fingerprint density at radius 1 is 0.875 bits per heavy atom. The maximum absolute atomic E-state index is 11.7. The van der Waals surface area contributed by atoms with Crippen LogP contribution in [-0.2, 0) is 14.4 Å². The normalized spacial score (nSPS) is 11.9. The van der Waals surface area contributed by atoms with E-state index >= 15 is 0 Å². The molecule has 0 aromatic carbocycles. The second-order valence-corrected chi connectivity index (χ2v) is 6.60. The predicted molar refractivity (Wildman–Crippen MR) is 97.5 cm³/mol. The highest BCUT2D eigenvalue weighted by Crippen LogP contribution is 2.11. The highest BCUT2D eigenvalue weighted by molar-refractivity contribution is 5.80. The Bertz CT molecular complexity index is 346. The van der Waals surface area contributed by atoms with E-state index in [2.05, 4.69) is 12.2 Å². The van der Waals surface area contributed by atoms with Gasteiger partial charge in [0.25, 0.3) is 0 Å². The van der Waals surface area contributed by atoms with Crippen LogP contribution in [0.2, 0.25) is 0 Å². The number of carbonyl (C=O) groups excluding carboxylic acids is 3. The van der Waals surface area contributed by atoms with Gasteiger partial charge in [-0.25, -0.2) is 0 Å². The summed E-state index contributed by atoms with van der Waals surface area (Å²) < 4.78 is 0. The summed E-state index contributed by atoms with van der Waals surface area (Å²) in [4.78, 5) is 33.3. The standard InChI is InChI=1S/C19H36N2O3/c1-2-3-4-5-6-7-8-9-10-11-12-13-19(24)21-17(16-22)14-15-18(20)23/h16-17H,2-15H2,1H3,(H2,20,23)(H,21,24)/t17-/m1/s1. The van der Waals surface area contributed by atoms with Gasteiger partial charge in [-0.3, -0.25) is 9.59 Å². The van der Waals surface area contributed by atoms with E-state index in [0.717, 1.165) is 12.8 Å². The number of nitrogens with two attached hydrogens (primary N) is 1. The molecule has 1 atom stereocenters. The molecule has 0 heterocycles. The Labute approximate surface area is 147 Å². The Hall–Kier alpha value is -1.39. The molecule has 0 aliphatic rings. The van der Waals surface area contributed by atoms with Crippen LogP contribution in [0.25, 0.3) is 0 Å². The number of hydrogen-bond donors (Lipinski definition) is 2. The largest absolute Gasteiger partial charge is 0.370 e. The Balaban J connectivity index is 3.45. The molecule has 0 bridgehead atoms. The van der Waals surface area contributed by atoms with Gasteiger partial charge >= 0.3 is 0 Å². The Kier molecular flexibility index (Phi) is 15.5. The molecule has 0 aliphatic heterocycles. The number of amides is 2. The number of unbranched alkanes of at least 4 members (excludes halogenated alkanes) is 10. The number of aldehydes is 1. The lowest BCUT2D eigenvalue weighted by atomic mass is 10.1. The van der Waals surface area contributed by atoms with E-state index in [-0.39, 0.29) is 18.7 Å². The number of nitrogens with one attached hydrogen (secondary N) is 1. The van der Waals surface area contributed by atoms with E-state index in [1.807, 2.05) is 0 Å². The Morgan fingerprint density at radius 3 is 1.83 bits per heavy atom. The molecule has 0 unspecified atom stereocenters. The molecule has 0 aromatic heterocycles. The number of carbonyl (C=O) groups is 3. The van der Waals surface area contributed by atoms with E-state index in [1.54, 1.807) is 0 Å². The maximum atomic E-state index is 11.7. The van der Waals surface area contributed by atoms with Crippen molar-refractivity contribution in [2.24, 2.45) is 5.73 Å². The van der Waals surface area contributed by atoms with Gasteiger partial charge in [-0.15, -0.1) is 0 Å². The van der Waals surface area contributed by atoms with Gasteiger partial charge in [-0.1, -0.05) is 71.1 Å². The van der Waals surface area contributed by atoms with Gasteiger partial charge in [0, 0.05) is 12.8 Å². The van der Waals surface area contributed by atoms with Crippen molar-refractivity contribution in [3.8, 4) is 0 Å². The summed E-state index contributed by atoms with van der Waals surface area (Å²) in [7, 11) is 0. The zero-order valence-corrected chi connectivity index (χ0v) is 15.4. The average molecular weight is 341 g/mol. The fourth-order valence-corrected chi connectivity index (χ4v) is 2.70. The molecule has 24 heavy (non-hydrogen) atoms. The second kappa shape index (κ2) is 16.5. The van der Waals surface area contributed by atoms with E-state index in [9.17, 15) is 14.4 Å². The molecule has 0 radical (unpaired) electrons. The van der Waals surface area contributed by atoms with Gasteiger partial charge in [-0.2, -0.15) is 0 Å².